The second kappa shape index (κ2) is 18.0. The van der Waals surface area contributed by atoms with Gasteiger partial charge in [-0.15, -0.1) is 5.10 Å². The van der Waals surface area contributed by atoms with Crippen LogP contribution in [0, 0.1) is 0 Å². The Labute approximate surface area is 372 Å². The zero-order valence-corrected chi connectivity index (χ0v) is 36.5. The molecular weight excluding hydrogens is 846 g/mol. The van der Waals surface area contributed by atoms with E-state index in [0.717, 1.165) is 4.57 Å². The summed E-state index contributed by atoms with van der Waals surface area (Å²) in [7, 11) is 0. The summed E-state index contributed by atoms with van der Waals surface area (Å²) in [6, 6.07) is 24.7. The van der Waals surface area contributed by atoms with Crippen LogP contribution < -0.4 is 20.3 Å². The van der Waals surface area contributed by atoms with E-state index in [1.807, 2.05) is 0 Å². The normalized spacial score (nSPS) is 13.7. The van der Waals surface area contributed by atoms with E-state index in [-0.39, 0.29) is 36.6 Å². The van der Waals surface area contributed by atoms with Crippen molar-refractivity contribution in [3.8, 4) is 11.4 Å². The molecule has 0 saturated carbocycles. The van der Waals surface area contributed by atoms with Crippen LogP contribution in [0.2, 0.25) is 5.02 Å². The Morgan fingerprint density at radius 2 is 1.47 bits per heavy atom. The lowest BCUT2D eigenvalue weighted by molar-refractivity contribution is -0.149. The monoisotopic (exact) mass is 889 g/mol. The number of amides is 4. The number of rotatable bonds is 10. The molecule has 1 atom stereocenters. The van der Waals surface area contributed by atoms with Gasteiger partial charge >= 0.3 is 30.0 Å². The number of tetrazole rings is 1. The number of hydrogen-bond donors (Lipinski definition) is 2. The zero-order valence-electron chi connectivity index (χ0n) is 35.7. The van der Waals surface area contributed by atoms with E-state index >= 15 is 0 Å². The van der Waals surface area contributed by atoms with Crippen molar-refractivity contribution in [2.75, 3.05) is 28.6 Å². The van der Waals surface area contributed by atoms with Gasteiger partial charge < -0.3 is 29.3 Å². The third-order valence-corrected chi connectivity index (χ3v) is 9.83. The predicted octanol–water partition coefficient (Wildman–Crippen LogP) is 7.05. The second-order valence-corrected chi connectivity index (χ2v) is 17.1. The van der Waals surface area contributed by atoms with Crippen molar-refractivity contribution < 1.29 is 43.0 Å². The number of nitrogens with one attached hydrogen (secondary N) is 2. The first kappa shape index (κ1) is 44.5. The van der Waals surface area contributed by atoms with Crippen molar-refractivity contribution in [3.05, 3.63) is 120 Å². The Morgan fingerprint density at radius 3 is 2.14 bits per heavy atom. The maximum absolute atomic E-state index is 14.5. The van der Waals surface area contributed by atoms with E-state index in [4.69, 9.17) is 25.8 Å². The lowest BCUT2D eigenvalue weighted by Gasteiger charge is -2.38. The minimum atomic E-state index is -1.24. The molecule has 0 aliphatic carbocycles. The molecule has 0 radical (unpaired) electrons. The van der Waals surface area contributed by atoms with Gasteiger partial charge in [-0.3, -0.25) is 19.7 Å². The van der Waals surface area contributed by atoms with Gasteiger partial charge in [-0.2, -0.15) is 4.68 Å². The van der Waals surface area contributed by atoms with Crippen LogP contribution in [0.5, 0.6) is 5.75 Å². The van der Waals surface area contributed by atoms with Crippen molar-refractivity contribution in [3.63, 3.8) is 0 Å². The molecule has 1 fully saturated rings. The number of aromatic nitrogens is 5. The zero-order chi connectivity index (χ0) is 45.9. The Bertz CT molecular complexity index is 2740. The maximum Gasteiger partial charge on any atom is 0.419 e. The standard InChI is InChI=1S/C45H44ClN9O9/c1-44(2,3)63-41(59)37-24-28-23-31(17-19-33(28)55(37)43(61)64-45(4,5)6)48-38(56)36(22-27-12-15-30(16-13-27)49-42(60)62-32-10-8-7-9-11-32)53-21-20-52(39(57)40(53)58)35-25-29(46)14-18-34(35)54-26-47-50-51-54/h7-19,23-26,36H,20-22H2,1-6H3,(H,48,56)(H,49,60)/t36-/m0/s1. The van der Waals surface area contributed by atoms with Crippen molar-refractivity contribution in [2.45, 2.75) is 65.2 Å². The van der Waals surface area contributed by atoms with Gasteiger partial charge in [0.2, 0.25) is 5.91 Å². The number of esters is 1. The molecule has 3 heterocycles. The minimum Gasteiger partial charge on any atom is -0.455 e. The molecule has 2 aromatic heterocycles. The molecule has 19 heteroatoms. The van der Waals surface area contributed by atoms with Gasteiger partial charge in [0.05, 0.1) is 16.9 Å². The highest BCUT2D eigenvalue weighted by Crippen LogP contribution is 2.31. The van der Waals surface area contributed by atoms with E-state index < -0.39 is 53.1 Å². The van der Waals surface area contributed by atoms with Gasteiger partial charge in [-0.1, -0.05) is 41.9 Å². The van der Waals surface area contributed by atoms with E-state index in [0.29, 0.717) is 38.6 Å². The minimum absolute atomic E-state index is 0.0201. The summed E-state index contributed by atoms with van der Waals surface area (Å²) in [6.45, 7) is 10.1. The molecule has 18 nitrogen and oxygen atoms in total. The molecule has 1 aliphatic heterocycles. The van der Waals surface area contributed by atoms with Gasteiger partial charge in [-0.25, -0.2) is 19.0 Å². The SMILES string of the molecule is CC(C)(C)OC(=O)c1cc2cc(NC(=O)[C@H](Cc3ccc(NC(=O)Oc4ccccc4)cc3)N3CCN(c4cc(Cl)ccc4-n4cnnn4)C(=O)C3=O)ccc2n1C(=O)OC(C)(C)C. The Balaban J connectivity index is 1.18. The summed E-state index contributed by atoms with van der Waals surface area (Å²) in [5.74, 6) is -2.92. The summed E-state index contributed by atoms with van der Waals surface area (Å²) in [5, 5.41) is 17.5. The van der Waals surface area contributed by atoms with Crippen LogP contribution in [-0.2, 0) is 30.3 Å². The quantitative estimate of drug-likeness (QED) is 0.105. The van der Waals surface area contributed by atoms with Crippen LogP contribution >= 0.6 is 11.6 Å². The van der Waals surface area contributed by atoms with Crippen LogP contribution in [0.1, 0.15) is 57.6 Å². The van der Waals surface area contributed by atoms with E-state index in [2.05, 4.69) is 26.2 Å². The van der Waals surface area contributed by atoms with Crippen molar-refractivity contribution in [2.24, 2.45) is 0 Å². The number of carbonyl (C=O) groups is 6. The van der Waals surface area contributed by atoms with Crippen LogP contribution in [0.4, 0.5) is 26.7 Å². The lowest BCUT2D eigenvalue weighted by Crippen LogP contribution is -2.60. The van der Waals surface area contributed by atoms with Crippen LogP contribution in [0.15, 0.2) is 103 Å². The molecule has 6 aromatic rings. The van der Waals surface area contributed by atoms with E-state index in [1.54, 1.807) is 120 Å². The predicted molar refractivity (Wildman–Crippen MR) is 236 cm³/mol. The molecule has 64 heavy (non-hydrogen) atoms. The fourth-order valence-electron chi connectivity index (χ4n) is 6.89. The fourth-order valence-corrected chi connectivity index (χ4v) is 7.06. The number of fused-ring (bicyclic) bond motifs is 1. The van der Waals surface area contributed by atoms with Gasteiger partial charge in [0.25, 0.3) is 0 Å². The number of anilines is 3. The third kappa shape index (κ3) is 10.4. The highest BCUT2D eigenvalue weighted by molar-refractivity contribution is 6.41. The van der Waals surface area contributed by atoms with Crippen molar-refractivity contribution in [1.82, 2.24) is 29.7 Å². The number of para-hydroxylation sites is 1. The molecule has 7 rings (SSSR count). The first-order valence-corrected chi connectivity index (χ1v) is 20.4. The molecule has 1 saturated heterocycles. The number of carbonyl (C=O) groups excluding carboxylic acids is 6. The maximum atomic E-state index is 14.5. The fraction of sp³-hybridized carbons (Fsp3) is 0.267. The summed E-state index contributed by atoms with van der Waals surface area (Å²) < 4.78 is 19.0. The number of piperazine rings is 1. The molecule has 0 bridgehead atoms. The largest absolute Gasteiger partial charge is 0.455 e. The number of hydrogen-bond acceptors (Lipinski definition) is 12. The first-order chi connectivity index (χ1) is 30.3. The topological polar surface area (TPSA) is 209 Å². The number of ether oxygens (including phenoxy) is 3. The van der Waals surface area contributed by atoms with Crippen molar-refractivity contribution >= 4 is 75.4 Å². The van der Waals surface area contributed by atoms with E-state index in [9.17, 15) is 28.8 Å². The highest BCUT2D eigenvalue weighted by atomic mass is 35.5. The molecular formula is C45H44ClN9O9. The third-order valence-electron chi connectivity index (χ3n) is 9.59. The average Bonchev–Trinajstić information content (AvgIpc) is 3.90. The Kier molecular flexibility index (Phi) is 12.5. The first-order valence-electron chi connectivity index (χ1n) is 20.0. The molecule has 2 N–H and O–H groups in total. The van der Waals surface area contributed by atoms with Gasteiger partial charge in [0, 0.05) is 41.3 Å². The van der Waals surface area contributed by atoms with Gasteiger partial charge in [0.1, 0.15) is 35.0 Å². The highest BCUT2D eigenvalue weighted by Gasteiger charge is 2.41. The second-order valence-electron chi connectivity index (χ2n) is 16.7. The van der Waals surface area contributed by atoms with Crippen LogP contribution in [0.25, 0.3) is 16.6 Å². The number of halogens is 1. The average molecular weight is 890 g/mol. The van der Waals surface area contributed by atoms with Gasteiger partial charge in [0.15, 0.2) is 0 Å². The Hall–Kier alpha value is -7.60. The summed E-state index contributed by atoms with van der Waals surface area (Å²) in [4.78, 5) is 84.6. The number of benzene rings is 4. The summed E-state index contributed by atoms with van der Waals surface area (Å²) in [6.07, 6.45) is -0.227. The summed E-state index contributed by atoms with van der Waals surface area (Å²) >= 11 is 6.35. The molecule has 4 amide bonds. The van der Waals surface area contributed by atoms with Gasteiger partial charge in [-0.05, 0) is 124 Å². The number of nitrogens with zero attached hydrogens (tertiary/aromatic N) is 7. The summed E-state index contributed by atoms with van der Waals surface area (Å²) in [5.41, 5.74) is 0.398. The molecule has 330 valence electrons. The van der Waals surface area contributed by atoms with Crippen LogP contribution in [-0.4, -0.2) is 95.9 Å². The Morgan fingerprint density at radius 1 is 0.766 bits per heavy atom. The molecule has 1 aliphatic rings. The lowest BCUT2D eigenvalue weighted by atomic mass is 10.0. The van der Waals surface area contributed by atoms with Crippen molar-refractivity contribution in [1.29, 1.82) is 0 Å². The molecule has 0 unspecified atom stereocenters. The molecule has 0 spiro atoms. The smallest absolute Gasteiger partial charge is 0.419 e. The van der Waals surface area contributed by atoms with E-state index in [1.165, 1.54) is 39.0 Å². The van der Waals surface area contributed by atoms with Crippen LogP contribution in [0.3, 0.4) is 0 Å². The molecule has 4 aromatic carbocycles.